The van der Waals surface area contributed by atoms with E-state index in [1.165, 1.54) is 15.9 Å². The van der Waals surface area contributed by atoms with Crippen molar-refractivity contribution in [1.82, 2.24) is 0 Å². The molecule has 3 rings (SSSR count). The monoisotopic (exact) mass is 369 g/mol. The summed E-state index contributed by atoms with van der Waals surface area (Å²) in [6, 6.07) is 33.3. The third kappa shape index (κ3) is 3.16. The Kier molecular flexibility index (Phi) is 6.05. The zero-order valence-electron chi connectivity index (χ0n) is 14.0. The van der Waals surface area contributed by atoms with Gasteiger partial charge in [0, 0.05) is 0 Å². The van der Waals surface area contributed by atoms with E-state index in [1.54, 1.807) is 0 Å². The lowest BCUT2D eigenvalue weighted by Gasteiger charge is -2.32. The molecule has 0 unspecified atom stereocenters. The highest BCUT2D eigenvalue weighted by Gasteiger charge is 2.52. The Balaban J connectivity index is 2.37. The molecular formula is C21H22PS2+. The van der Waals surface area contributed by atoms with E-state index in [2.05, 4.69) is 104 Å². The van der Waals surface area contributed by atoms with Crippen molar-refractivity contribution >= 4 is 46.7 Å². The van der Waals surface area contributed by atoms with E-state index in [0.717, 1.165) is 0 Å². The van der Waals surface area contributed by atoms with Crippen LogP contribution in [0.2, 0.25) is 0 Å². The molecule has 3 aromatic carbocycles. The third-order valence-corrected chi connectivity index (χ3v) is 13.3. The van der Waals surface area contributed by atoms with Crippen molar-refractivity contribution in [1.29, 1.82) is 0 Å². The van der Waals surface area contributed by atoms with Gasteiger partial charge in [-0.05, 0) is 48.9 Å². The second kappa shape index (κ2) is 8.25. The van der Waals surface area contributed by atoms with Crippen molar-refractivity contribution in [3.63, 3.8) is 0 Å². The van der Waals surface area contributed by atoms with Gasteiger partial charge in [-0.15, -0.1) is 23.5 Å². The van der Waals surface area contributed by atoms with Crippen molar-refractivity contribution in [3.05, 3.63) is 91.0 Å². The molecular weight excluding hydrogens is 347 g/mol. The smallest absolute Gasteiger partial charge is 0.110 e. The van der Waals surface area contributed by atoms with Gasteiger partial charge in [-0.1, -0.05) is 54.6 Å². The first-order valence-electron chi connectivity index (χ1n) is 7.95. The summed E-state index contributed by atoms with van der Waals surface area (Å²) >= 11 is 3.95. The van der Waals surface area contributed by atoms with Crippen LogP contribution < -0.4 is 15.9 Å². The standard InChI is InChI=1S/C21H22PS2/c1-23-21(24-2)22(18-12-6-3-7-13-18,19-14-8-4-9-15-19)20-16-10-5-11-17-20/h3-17,21H,1-2H3/q+1. The maximum absolute atomic E-state index is 2.31. The Hall–Kier alpha value is -1.21. The van der Waals surface area contributed by atoms with Gasteiger partial charge in [0.1, 0.15) is 23.2 Å². The molecule has 0 spiro atoms. The van der Waals surface area contributed by atoms with Crippen molar-refractivity contribution in [2.75, 3.05) is 12.5 Å². The molecule has 0 aromatic heterocycles. The molecule has 3 heteroatoms. The van der Waals surface area contributed by atoms with Gasteiger partial charge in [0.2, 0.25) is 0 Å². The van der Waals surface area contributed by atoms with E-state index in [1.807, 2.05) is 23.5 Å². The zero-order chi connectivity index (χ0) is 16.8. The lowest BCUT2D eigenvalue weighted by molar-refractivity contribution is 1.69. The molecule has 24 heavy (non-hydrogen) atoms. The summed E-state index contributed by atoms with van der Waals surface area (Å²) in [7, 11) is -1.74. The van der Waals surface area contributed by atoms with Crippen molar-refractivity contribution < 1.29 is 0 Å². The van der Waals surface area contributed by atoms with Crippen LogP contribution in [0.15, 0.2) is 91.0 Å². The lowest BCUT2D eigenvalue weighted by atomic mass is 10.4. The fourth-order valence-corrected chi connectivity index (χ4v) is 12.3. The van der Waals surface area contributed by atoms with Gasteiger partial charge in [-0.25, -0.2) is 0 Å². The first-order chi connectivity index (χ1) is 11.8. The molecule has 0 N–H and O–H groups in total. The van der Waals surface area contributed by atoms with E-state index in [-0.39, 0.29) is 0 Å². The van der Waals surface area contributed by atoms with Crippen LogP contribution in [0.25, 0.3) is 0 Å². The maximum Gasteiger partial charge on any atom is 0.173 e. The van der Waals surface area contributed by atoms with Gasteiger partial charge in [0.15, 0.2) is 4.32 Å². The van der Waals surface area contributed by atoms with Crippen molar-refractivity contribution in [2.45, 2.75) is 4.32 Å². The normalized spacial score (nSPS) is 11.6. The van der Waals surface area contributed by atoms with Gasteiger partial charge >= 0.3 is 0 Å². The molecule has 0 radical (unpaired) electrons. The van der Waals surface area contributed by atoms with Crippen molar-refractivity contribution in [2.24, 2.45) is 0 Å². The number of thioether (sulfide) groups is 2. The number of hydrogen-bond donors (Lipinski definition) is 0. The molecule has 0 fully saturated rings. The van der Waals surface area contributed by atoms with Crippen LogP contribution in [0.3, 0.4) is 0 Å². The van der Waals surface area contributed by atoms with Crippen LogP contribution in [-0.4, -0.2) is 16.8 Å². The minimum Gasteiger partial charge on any atom is -0.110 e. The Bertz CT molecular complexity index is 644. The van der Waals surface area contributed by atoms with Crippen LogP contribution in [0.1, 0.15) is 0 Å². The fraction of sp³-hybridized carbons (Fsp3) is 0.143. The second-order valence-electron chi connectivity index (χ2n) is 5.51. The molecule has 0 heterocycles. The molecule has 0 aliphatic carbocycles. The van der Waals surface area contributed by atoms with E-state index in [0.29, 0.717) is 4.32 Å². The first kappa shape index (κ1) is 17.6. The Morgan fingerprint density at radius 1 is 0.542 bits per heavy atom. The summed E-state index contributed by atoms with van der Waals surface area (Å²) < 4.78 is 0.490. The maximum atomic E-state index is 2.31. The lowest BCUT2D eigenvalue weighted by Crippen LogP contribution is -2.36. The molecule has 0 amide bonds. The molecule has 0 aliphatic rings. The van der Waals surface area contributed by atoms with Gasteiger partial charge in [-0.2, -0.15) is 0 Å². The second-order valence-corrected chi connectivity index (χ2v) is 11.9. The van der Waals surface area contributed by atoms with E-state index in [9.17, 15) is 0 Å². The van der Waals surface area contributed by atoms with E-state index in [4.69, 9.17) is 0 Å². The summed E-state index contributed by atoms with van der Waals surface area (Å²) in [6.07, 6.45) is 4.48. The minimum absolute atomic E-state index is 0.490. The SMILES string of the molecule is CSC(SC)[P+](c1ccccc1)(c1ccccc1)c1ccccc1. The average Bonchev–Trinajstić information content (AvgIpc) is 2.68. The molecule has 0 aliphatic heterocycles. The molecule has 0 saturated heterocycles. The summed E-state index contributed by atoms with van der Waals surface area (Å²) in [5.74, 6) is 0. The zero-order valence-corrected chi connectivity index (χ0v) is 16.5. The molecule has 0 saturated carbocycles. The minimum atomic E-state index is -1.74. The van der Waals surface area contributed by atoms with Crippen molar-refractivity contribution in [3.8, 4) is 0 Å². The van der Waals surface area contributed by atoms with Crippen LogP contribution in [0.4, 0.5) is 0 Å². The third-order valence-electron chi connectivity index (χ3n) is 4.21. The van der Waals surface area contributed by atoms with Gasteiger partial charge < -0.3 is 0 Å². The highest BCUT2D eigenvalue weighted by atomic mass is 32.2. The topological polar surface area (TPSA) is 0 Å². The van der Waals surface area contributed by atoms with Crippen LogP contribution in [0, 0.1) is 0 Å². The van der Waals surface area contributed by atoms with Crippen LogP contribution in [-0.2, 0) is 0 Å². The highest BCUT2D eigenvalue weighted by Crippen LogP contribution is 2.65. The number of benzene rings is 3. The fourth-order valence-electron chi connectivity index (χ4n) is 3.21. The summed E-state index contributed by atoms with van der Waals surface area (Å²) in [5.41, 5.74) is 0. The molecule has 3 aromatic rings. The van der Waals surface area contributed by atoms with E-state index >= 15 is 0 Å². The Labute approximate surface area is 154 Å². The van der Waals surface area contributed by atoms with Crippen LogP contribution in [0.5, 0.6) is 0 Å². The highest BCUT2D eigenvalue weighted by molar-refractivity contribution is 8.29. The predicted octanol–water partition coefficient (Wildman–Crippen LogP) is 4.99. The quantitative estimate of drug-likeness (QED) is 0.443. The summed E-state index contributed by atoms with van der Waals surface area (Å²) in [4.78, 5) is 0. The van der Waals surface area contributed by atoms with Crippen LogP contribution >= 0.6 is 30.8 Å². The Morgan fingerprint density at radius 2 is 0.833 bits per heavy atom. The van der Waals surface area contributed by atoms with Gasteiger partial charge in [-0.3, -0.25) is 0 Å². The molecule has 0 atom stereocenters. The number of rotatable bonds is 6. The number of hydrogen-bond acceptors (Lipinski definition) is 2. The van der Waals surface area contributed by atoms with Gasteiger partial charge in [0.05, 0.1) is 0 Å². The largest absolute Gasteiger partial charge is 0.173 e. The molecule has 122 valence electrons. The van der Waals surface area contributed by atoms with E-state index < -0.39 is 7.26 Å². The summed E-state index contributed by atoms with van der Waals surface area (Å²) in [5, 5.41) is 4.36. The average molecular weight is 370 g/mol. The first-order valence-corrected chi connectivity index (χ1v) is 12.4. The Morgan fingerprint density at radius 3 is 1.08 bits per heavy atom. The summed E-state index contributed by atoms with van der Waals surface area (Å²) in [6.45, 7) is 0. The molecule has 0 nitrogen and oxygen atoms in total. The van der Waals surface area contributed by atoms with Gasteiger partial charge in [0.25, 0.3) is 0 Å². The molecule has 0 bridgehead atoms. The predicted molar refractivity (Wildman–Crippen MR) is 116 cm³/mol.